The zero-order chi connectivity index (χ0) is 39.8. The van der Waals surface area contributed by atoms with Gasteiger partial charge in [-0.05, 0) is 109 Å². The Morgan fingerprint density at radius 1 is 0.415 bits per heavy atom. The second-order valence-corrected chi connectivity index (χ2v) is 20.9. The summed E-state index contributed by atoms with van der Waals surface area (Å²) in [6.07, 6.45) is 0. The van der Waals surface area contributed by atoms with Gasteiger partial charge in [-0.3, -0.25) is 0 Å². The molecule has 0 saturated carbocycles. The molecule has 288 valence electrons. The van der Waals surface area contributed by atoms with Crippen molar-refractivity contribution in [1.29, 1.82) is 0 Å². The number of benzene rings is 4. The smallest absolute Gasteiger partial charge is 0.275 e. The van der Waals surface area contributed by atoms with Crippen LogP contribution >= 0.6 is 29.8 Å². The van der Waals surface area contributed by atoms with Crippen LogP contribution in [0.5, 0.6) is 23.0 Å². The van der Waals surface area contributed by atoms with Gasteiger partial charge in [0.2, 0.25) is 0 Å². The summed E-state index contributed by atoms with van der Waals surface area (Å²) in [7, 11) is -0.434. The molecule has 0 heterocycles. The summed E-state index contributed by atoms with van der Waals surface area (Å²) in [5, 5.41) is 0. The fourth-order valence-corrected chi connectivity index (χ4v) is 9.41. The van der Waals surface area contributed by atoms with Crippen LogP contribution in [-0.2, 0) is 21.7 Å². The predicted molar refractivity (Wildman–Crippen MR) is 232 cm³/mol. The summed E-state index contributed by atoms with van der Waals surface area (Å²) in [5.74, 6) is 3.42. The van der Waals surface area contributed by atoms with Gasteiger partial charge in [-0.1, -0.05) is 142 Å². The zero-order valence-corrected chi connectivity index (χ0v) is 38.5. The van der Waals surface area contributed by atoms with Crippen LogP contribution < -0.4 is 18.1 Å². The van der Waals surface area contributed by atoms with Gasteiger partial charge in [0, 0.05) is 11.1 Å². The Hall–Kier alpha value is -2.71. The predicted octanol–water partition coefficient (Wildman–Crippen LogP) is 14.8. The molecule has 0 bridgehead atoms. The molecule has 0 saturated heterocycles. The van der Waals surface area contributed by atoms with E-state index < -0.39 is 0 Å². The van der Waals surface area contributed by atoms with E-state index in [0.29, 0.717) is 0 Å². The molecule has 7 heteroatoms. The summed E-state index contributed by atoms with van der Waals surface area (Å²) >= 11 is 1.77. The topological polar surface area (TPSA) is 36.9 Å². The Balaban J connectivity index is 1.97. The Kier molecular flexibility index (Phi) is 13.1. The van der Waals surface area contributed by atoms with Crippen LogP contribution in [0.1, 0.15) is 139 Å². The summed E-state index contributed by atoms with van der Waals surface area (Å²) < 4.78 is 26.4. The SMILES string of the molecule is Cc1ccc(OPOc2c(C(C)(C)C)cc(C(C)(C)C)c(C)c2Sc2c(C)c(C(C)(C)C)cc(C(C)(C)C)c2OPOc2ccc(C)cc2C)c(C)c1. The van der Waals surface area contributed by atoms with Crippen molar-refractivity contribution in [2.45, 2.75) is 156 Å². The Labute approximate surface area is 329 Å². The fraction of sp³-hybridized carbons (Fsp3) is 0.478. The highest BCUT2D eigenvalue weighted by Crippen LogP contribution is 2.54. The van der Waals surface area contributed by atoms with Crippen molar-refractivity contribution < 1.29 is 18.1 Å². The minimum atomic E-state index is -0.217. The molecule has 0 aliphatic rings. The molecule has 0 radical (unpaired) electrons. The van der Waals surface area contributed by atoms with Gasteiger partial charge in [0.15, 0.2) is 0 Å². The maximum Gasteiger partial charge on any atom is 0.275 e. The molecular weight excluding hydrogens is 711 g/mol. The van der Waals surface area contributed by atoms with Crippen molar-refractivity contribution in [3.8, 4) is 23.0 Å². The van der Waals surface area contributed by atoms with Gasteiger partial charge in [0.25, 0.3) is 18.1 Å². The minimum Gasteiger partial charge on any atom is -0.440 e. The van der Waals surface area contributed by atoms with E-state index in [-0.39, 0.29) is 39.7 Å². The van der Waals surface area contributed by atoms with E-state index in [9.17, 15) is 0 Å². The van der Waals surface area contributed by atoms with Gasteiger partial charge in [-0.15, -0.1) is 0 Å². The molecule has 0 aliphatic heterocycles. The lowest BCUT2D eigenvalue weighted by Gasteiger charge is -2.33. The highest BCUT2D eigenvalue weighted by molar-refractivity contribution is 7.99. The molecule has 0 aromatic heterocycles. The van der Waals surface area contributed by atoms with Crippen LogP contribution in [0.3, 0.4) is 0 Å². The van der Waals surface area contributed by atoms with E-state index in [2.05, 4.69) is 161 Å². The van der Waals surface area contributed by atoms with Crippen LogP contribution in [0.4, 0.5) is 0 Å². The van der Waals surface area contributed by atoms with Gasteiger partial charge >= 0.3 is 0 Å². The first kappa shape index (κ1) is 43.0. The van der Waals surface area contributed by atoms with Gasteiger partial charge in [0.05, 0.1) is 9.79 Å². The van der Waals surface area contributed by atoms with Crippen LogP contribution in [-0.4, -0.2) is 0 Å². The van der Waals surface area contributed by atoms with E-state index in [1.165, 1.54) is 33.4 Å². The zero-order valence-electron chi connectivity index (χ0n) is 35.7. The third kappa shape index (κ3) is 10.3. The van der Waals surface area contributed by atoms with Gasteiger partial charge in [0.1, 0.15) is 23.0 Å². The van der Waals surface area contributed by atoms with Gasteiger partial charge in [-0.25, -0.2) is 0 Å². The summed E-state index contributed by atoms with van der Waals surface area (Å²) in [6.45, 7) is 40.2. The van der Waals surface area contributed by atoms with Crippen molar-refractivity contribution in [2.75, 3.05) is 0 Å². The molecule has 4 aromatic carbocycles. The van der Waals surface area contributed by atoms with Crippen LogP contribution in [0.2, 0.25) is 0 Å². The van der Waals surface area contributed by atoms with Crippen molar-refractivity contribution >= 4 is 29.8 Å². The van der Waals surface area contributed by atoms with Crippen molar-refractivity contribution in [2.24, 2.45) is 0 Å². The molecule has 53 heavy (non-hydrogen) atoms. The van der Waals surface area contributed by atoms with Crippen molar-refractivity contribution in [1.82, 2.24) is 0 Å². The summed E-state index contributed by atoms with van der Waals surface area (Å²) in [4.78, 5) is 2.19. The number of hydrogen-bond donors (Lipinski definition) is 0. The van der Waals surface area contributed by atoms with Crippen LogP contribution in [0.15, 0.2) is 58.3 Å². The molecule has 4 nitrogen and oxygen atoms in total. The Bertz CT molecular complexity index is 1810. The highest BCUT2D eigenvalue weighted by Gasteiger charge is 2.33. The van der Waals surface area contributed by atoms with E-state index in [1.54, 1.807) is 11.8 Å². The third-order valence-electron chi connectivity index (χ3n) is 9.66. The van der Waals surface area contributed by atoms with E-state index in [1.807, 2.05) is 12.1 Å². The second kappa shape index (κ2) is 16.2. The first-order chi connectivity index (χ1) is 24.3. The molecule has 0 fully saturated rings. The van der Waals surface area contributed by atoms with Crippen LogP contribution in [0, 0.1) is 41.5 Å². The summed E-state index contributed by atoms with van der Waals surface area (Å²) in [5.41, 5.74) is 11.4. The normalized spacial score (nSPS) is 13.0. The molecule has 0 spiro atoms. The second-order valence-electron chi connectivity index (χ2n) is 18.7. The first-order valence-electron chi connectivity index (χ1n) is 18.7. The maximum atomic E-state index is 6.86. The molecule has 4 aromatic rings. The third-order valence-corrected chi connectivity index (χ3v) is 12.2. The van der Waals surface area contributed by atoms with Crippen molar-refractivity contribution in [3.63, 3.8) is 0 Å². The lowest BCUT2D eigenvalue weighted by Crippen LogP contribution is -2.20. The minimum absolute atomic E-state index is 0.0883. The summed E-state index contributed by atoms with van der Waals surface area (Å²) in [6, 6.07) is 17.3. The Morgan fingerprint density at radius 2 is 0.736 bits per heavy atom. The maximum absolute atomic E-state index is 6.86. The van der Waals surface area contributed by atoms with E-state index in [4.69, 9.17) is 18.1 Å². The monoisotopic (exact) mass is 774 g/mol. The van der Waals surface area contributed by atoms with E-state index in [0.717, 1.165) is 55.0 Å². The largest absolute Gasteiger partial charge is 0.440 e. The number of rotatable bonds is 10. The molecule has 0 N–H and O–H groups in total. The number of hydrogen-bond acceptors (Lipinski definition) is 5. The lowest BCUT2D eigenvalue weighted by molar-refractivity contribution is 0.477. The first-order valence-corrected chi connectivity index (χ1v) is 21.1. The molecule has 4 rings (SSSR count). The standard InChI is InChI=1S/C46H64O4P2S/c1-27-19-21-37(29(3)23-27)47-51-49-39-35(45(13,14)15)25-33(43(7,8)9)31(5)41(39)53-42-32(6)34(44(10,11)12)26-36(46(16,17)18)40(42)50-52-48-38-22-20-28(2)24-30(38)4/h19-26,51-52H,1-18H3. The fourth-order valence-electron chi connectivity index (χ4n) is 6.73. The van der Waals surface area contributed by atoms with E-state index >= 15 is 0 Å². The van der Waals surface area contributed by atoms with Gasteiger partial charge in [-0.2, -0.15) is 0 Å². The highest BCUT2D eigenvalue weighted by atomic mass is 32.2. The van der Waals surface area contributed by atoms with Gasteiger partial charge < -0.3 is 18.1 Å². The molecule has 0 aliphatic carbocycles. The number of aryl methyl sites for hydroxylation is 4. The van der Waals surface area contributed by atoms with Crippen molar-refractivity contribution in [3.05, 3.63) is 104 Å². The molecule has 2 unspecified atom stereocenters. The molecular formula is C46H64O4P2S. The molecule has 0 amide bonds. The quantitative estimate of drug-likeness (QED) is 0.150. The molecule has 2 atom stereocenters. The Morgan fingerprint density at radius 3 is 1.02 bits per heavy atom. The lowest BCUT2D eigenvalue weighted by atomic mass is 9.78. The van der Waals surface area contributed by atoms with Crippen LogP contribution in [0.25, 0.3) is 0 Å². The average molecular weight is 775 g/mol. The average Bonchev–Trinajstić information content (AvgIpc) is 2.99.